The lowest BCUT2D eigenvalue weighted by atomic mass is 10.1. The van der Waals surface area contributed by atoms with Crippen LogP contribution in [-0.2, 0) is 9.53 Å². The van der Waals surface area contributed by atoms with Gasteiger partial charge in [-0.05, 0) is 37.5 Å². The number of H-pyrrole nitrogens is 2. The summed E-state index contributed by atoms with van der Waals surface area (Å²) >= 11 is 0. The van der Waals surface area contributed by atoms with Crippen LogP contribution in [0.2, 0.25) is 0 Å². The highest BCUT2D eigenvalue weighted by Gasteiger charge is 2.26. The first-order chi connectivity index (χ1) is 16.3. The van der Waals surface area contributed by atoms with Gasteiger partial charge in [-0.15, -0.1) is 0 Å². The van der Waals surface area contributed by atoms with Crippen LogP contribution in [0.25, 0.3) is 22.2 Å². The summed E-state index contributed by atoms with van der Waals surface area (Å²) in [6, 6.07) is 2.87. The molecule has 2 heterocycles. The highest BCUT2D eigenvalue weighted by molar-refractivity contribution is 5.95. The smallest absolute Gasteiger partial charge is 0.407 e. The number of carbonyl (C=O) groups excluding carboxylic acids is 2. The predicted molar refractivity (Wildman–Crippen MR) is 132 cm³/mol. The van der Waals surface area contributed by atoms with Gasteiger partial charge in [-0.1, -0.05) is 34.1 Å². The maximum absolute atomic E-state index is 14.3. The molecule has 0 saturated carbocycles. The first kappa shape index (κ1) is 26.9. The normalized spacial score (nSPS) is 11.5. The number of nitrogens with one attached hydrogen (secondary N) is 3. The second-order valence-electron chi connectivity index (χ2n) is 8.06. The van der Waals surface area contributed by atoms with E-state index in [0.29, 0.717) is 29.7 Å². The standard InChI is InChI=1S/C22H28FN5O3.C3H8/c1-5-9-28(18(29)12-26-22(30)31-4)17(6-2)21-25-11-16(27-21)14-7-8-15(23)19-13(3)10-24-20(14)19;1-3-2/h7-8,10-11,17,24H,5-6,9,12H2,1-4H3,(H,25,27)(H,26,30);3H2,1-2H3. The van der Waals surface area contributed by atoms with Gasteiger partial charge in [0.2, 0.25) is 5.91 Å². The number of halogens is 1. The van der Waals surface area contributed by atoms with E-state index in [1.165, 1.54) is 19.6 Å². The highest BCUT2D eigenvalue weighted by atomic mass is 19.1. The minimum absolute atomic E-state index is 0.156. The zero-order valence-corrected chi connectivity index (χ0v) is 20.9. The van der Waals surface area contributed by atoms with E-state index < -0.39 is 6.09 Å². The zero-order chi connectivity index (χ0) is 25.3. The second kappa shape index (κ2) is 12.8. The van der Waals surface area contributed by atoms with E-state index in [0.717, 1.165) is 23.2 Å². The summed E-state index contributed by atoms with van der Waals surface area (Å²) in [6.07, 6.45) is 5.47. The molecule has 0 radical (unpaired) electrons. The third-order valence-corrected chi connectivity index (χ3v) is 5.30. The molecule has 1 unspecified atom stereocenters. The quantitative estimate of drug-likeness (QED) is 0.404. The summed E-state index contributed by atoms with van der Waals surface area (Å²) in [5, 5.41) is 2.99. The molecule has 0 aliphatic heterocycles. The number of hydrogen-bond acceptors (Lipinski definition) is 4. The number of carbonyl (C=O) groups is 2. The molecular formula is C25H36FN5O3. The van der Waals surface area contributed by atoms with E-state index >= 15 is 0 Å². The van der Waals surface area contributed by atoms with E-state index in [-0.39, 0.29) is 24.3 Å². The molecule has 0 aliphatic carbocycles. The first-order valence-electron chi connectivity index (χ1n) is 11.7. The Balaban J connectivity index is 0.00000129. The summed E-state index contributed by atoms with van der Waals surface area (Å²) in [6.45, 7) is 10.4. The molecule has 9 heteroatoms. The molecule has 0 saturated heterocycles. The molecule has 34 heavy (non-hydrogen) atoms. The van der Waals surface area contributed by atoms with Gasteiger partial charge in [-0.25, -0.2) is 14.2 Å². The number of methoxy groups -OCH3 is 1. The van der Waals surface area contributed by atoms with Crippen molar-refractivity contribution in [2.45, 2.75) is 59.9 Å². The lowest BCUT2D eigenvalue weighted by molar-refractivity contribution is -0.133. The molecule has 3 rings (SSSR count). The van der Waals surface area contributed by atoms with Crippen molar-refractivity contribution >= 4 is 22.9 Å². The molecule has 1 aromatic carbocycles. The van der Waals surface area contributed by atoms with Crippen LogP contribution in [0.5, 0.6) is 0 Å². The molecule has 0 bridgehead atoms. The molecule has 186 valence electrons. The summed E-state index contributed by atoms with van der Waals surface area (Å²) < 4.78 is 18.8. The summed E-state index contributed by atoms with van der Waals surface area (Å²) in [7, 11) is 1.25. The topological polar surface area (TPSA) is 103 Å². The third kappa shape index (κ3) is 6.15. The fourth-order valence-electron chi connectivity index (χ4n) is 3.81. The van der Waals surface area contributed by atoms with Crippen LogP contribution in [0.15, 0.2) is 24.5 Å². The largest absolute Gasteiger partial charge is 0.453 e. The van der Waals surface area contributed by atoms with Gasteiger partial charge in [-0.2, -0.15) is 0 Å². The summed E-state index contributed by atoms with van der Waals surface area (Å²) in [5.74, 6) is 0.140. The maximum atomic E-state index is 14.3. The Hall–Kier alpha value is -3.36. The van der Waals surface area contributed by atoms with Crippen LogP contribution in [0.1, 0.15) is 64.4 Å². The Morgan fingerprint density at radius 2 is 1.94 bits per heavy atom. The fraction of sp³-hybridized carbons (Fsp3) is 0.480. The van der Waals surface area contributed by atoms with E-state index in [4.69, 9.17) is 0 Å². The monoisotopic (exact) mass is 473 g/mol. The number of aromatic nitrogens is 3. The molecule has 0 aliphatic rings. The minimum atomic E-state index is -0.653. The number of benzene rings is 1. The fourth-order valence-corrected chi connectivity index (χ4v) is 3.81. The van der Waals surface area contributed by atoms with Crippen LogP contribution in [0.3, 0.4) is 0 Å². The molecule has 2 aromatic heterocycles. The van der Waals surface area contributed by atoms with Crippen molar-refractivity contribution in [1.29, 1.82) is 0 Å². The highest BCUT2D eigenvalue weighted by Crippen LogP contribution is 2.32. The SMILES string of the molecule is CCC.CCCN(C(=O)CNC(=O)OC)C(CC)c1ncc(-c2ccc(F)c3c(C)c[nH]c23)[nH]1. The van der Waals surface area contributed by atoms with E-state index in [2.05, 4.69) is 38.9 Å². The predicted octanol–water partition coefficient (Wildman–Crippen LogP) is 5.47. The number of aromatic amines is 2. The van der Waals surface area contributed by atoms with Gasteiger partial charge in [0.1, 0.15) is 18.2 Å². The van der Waals surface area contributed by atoms with Crippen LogP contribution in [0, 0.1) is 12.7 Å². The van der Waals surface area contributed by atoms with Gasteiger partial charge >= 0.3 is 6.09 Å². The van der Waals surface area contributed by atoms with Crippen molar-refractivity contribution in [3.63, 3.8) is 0 Å². The molecule has 0 fully saturated rings. The van der Waals surface area contributed by atoms with Crippen LogP contribution >= 0.6 is 0 Å². The number of alkyl carbamates (subject to hydrolysis) is 1. The second-order valence-corrected chi connectivity index (χ2v) is 8.06. The minimum Gasteiger partial charge on any atom is -0.453 e. The zero-order valence-electron chi connectivity index (χ0n) is 20.9. The number of nitrogens with zero attached hydrogens (tertiary/aromatic N) is 2. The van der Waals surface area contributed by atoms with Gasteiger partial charge < -0.3 is 24.9 Å². The molecule has 1 atom stereocenters. The van der Waals surface area contributed by atoms with Gasteiger partial charge in [0.25, 0.3) is 0 Å². The Kier molecular flexibility index (Phi) is 10.1. The lowest BCUT2D eigenvalue weighted by Crippen LogP contribution is -2.42. The maximum Gasteiger partial charge on any atom is 0.407 e. The van der Waals surface area contributed by atoms with Crippen LogP contribution in [-0.4, -0.2) is 52.1 Å². The van der Waals surface area contributed by atoms with Crippen molar-refractivity contribution in [3.8, 4) is 11.3 Å². The Bertz CT molecular complexity index is 1090. The number of rotatable bonds is 8. The van der Waals surface area contributed by atoms with Gasteiger partial charge in [-0.3, -0.25) is 4.79 Å². The molecule has 0 spiro atoms. The molecular weight excluding hydrogens is 437 g/mol. The van der Waals surface area contributed by atoms with Crippen molar-refractivity contribution in [2.75, 3.05) is 20.2 Å². The number of imidazole rings is 1. The van der Waals surface area contributed by atoms with Gasteiger partial charge in [0.05, 0.1) is 30.6 Å². The molecule has 2 amide bonds. The van der Waals surface area contributed by atoms with Crippen molar-refractivity contribution in [3.05, 3.63) is 41.7 Å². The van der Waals surface area contributed by atoms with Crippen LogP contribution in [0.4, 0.5) is 9.18 Å². The van der Waals surface area contributed by atoms with Gasteiger partial charge in [0.15, 0.2) is 0 Å². The number of ether oxygens (including phenoxy) is 1. The van der Waals surface area contributed by atoms with Crippen molar-refractivity contribution in [2.24, 2.45) is 0 Å². The van der Waals surface area contributed by atoms with Crippen LogP contribution < -0.4 is 5.32 Å². The first-order valence-corrected chi connectivity index (χ1v) is 11.7. The van der Waals surface area contributed by atoms with E-state index in [9.17, 15) is 14.0 Å². The summed E-state index contributed by atoms with van der Waals surface area (Å²) in [4.78, 5) is 36.8. The lowest BCUT2D eigenvalue weighted by Gasteiger charge is -2.29. The van der Waals surface area contributed by atoms with E-state index in [1.807, 2.05) is 20.8 Å². The van der Waals surface area contributed by atoms with Crippen molar-refractivity contribution in [1.82, 2.24) is 25.2 Å². The Morgan fingerprint density at radius 1 is 1.24 bits per heavy atom. The number of aryl methyl sites for hydroxylation is 1. The van der Waals surface area contributed by atoms with Gasteiger partial charge in [0, 0.05) is 23.7 Å². The Morgan fingerprint density at radius 3 is 2.56 bits per heavy atom. The average Bonchev–Trinajstić information content (AvgIpc) is 3.46. The van der Waals surface area contributed by atoms with Crippen molar-refractivity contribution < 1.29 is 18.7 Å². The Labute approximate surface area is 200 Å². The summed E-state index contributed by atoms with van der Waals surface area (Å²) in [5.41, 5.74) is 3.07. The molecule has 8 nitrogen and oxygen atoms in total. The molecule has 3 N–H and O–H groups in total. The van der Waals surface area contributed by atoms with E-state index in [1.54, 1.807) is 23.4 Å². The molecule has 3 aromatic rings. The third-order valence-electron chi connectivity index (χ3n) is 5.30. The average molecular weight is 474 g/mol. The number of amides is 2. The number of fused-ring (bicyclic) bond motifs is 1. The number of hydrogen-bond donors (Lipinski definition) is 3.